The molecule has 1 nitrogen and oxygen atoms in total. The molecule has 3 aliphatic carbocycles. The summed E-state index contributed by atoms with van der Waals surface area (Å²) < 4.78 is 0. The lowest BCUT2D eigenvalue weighted by Crippen LogP contribution is -2.47. The van der Waals surface area contributed by atoms with Crippen LogP contribution in [0.5, 0.6) is 0 Å². The van der Waals surface area contributed by atoms with E-state index in [-0.39, 0.29) is 10.8 Å². The normalized spacial score (nSPS) is 18.9. The Morgan fingerprint density at radius 3 is 1.60 bits per heavy atom. The highest BCUT2D eigenvalue weighted by molar-refractivity contribution is 8.00. The maximum atomic E-state index is 2.63. The van der Waals surface area contributed by atoms with Crippen LogP contribution in [0.15, 0.2) is 241 Å². The topological polar surface area (TPSA) is 3.24 Å². The number of thioether (sulfide) groups is 1. The third kappa shape index (κ3) is 5.35. The predicted molar refractivity (Wildman–Crippen MR) is 272 cm³/mol. The molecular weight excluding hydrogens is 803 g/mol. The zero-order chi connectivity index (χ0) is 43.2. The number of para-hydroxylation sites is 1. The zero-order valence-electron chi connectivity index (χ0n) is 36.4. The van der Waals surface area contributed by atoms with Crippen molar-refractivity contribution >= 4 is 34.4 Å². The third-order valence-electron chi connectivity index (χ3n) is 15.3. The van der Waals surface area contributed by atoms with Gasteiger partial charge in [0.25, 0.3) is 0 Å². The van der Waals surface area contributed by atoms with Crippen molar-refractivity contribution in [3.63, 3.8) is 0 Å². The Bertz CT molecular complexity index is 3230. The Morgan fingerprint density at radius 1 is 0.446 bits per heavy atom. The lowest BCUT2D eigenvalue weighted by atomic mass is 9.52. The molecule has 0 radical (unpaired) electrons. The van der Waals surface area contributed by atoms with E-state index in [0.29, 0.717) is 5.25 Å². The van der Waals surface area contributed by atoms with Gasteiger partial charge in [0.1, 0.15) is 0 Å². The van der Waals surface area contributed by atoms with Gasteiger partial charge in [0.15, 0.2) is 0 Å². The van der Waals surface area contributed by atoms with Crippen molar-refractivity contribution in [2.45, 2.75) is 40.7 Å². The SMILES string of the molecule is CC1(C2(c3ccccc3)c3ccccc3-c3ccccc32)CC=C2c3cc(N(c4ccccc4)c4cccc5c4-c4ccccc4C5(c4ccccc4)c4ccccc4)ccc3SC2C1. The van der Waals surface area contributed by atoms with Gasteiger partial charge in [-0.3, -0.25) is 0 Å². The third-order valence-corrected chi connectivity index (χ3v) is 16.7. The smallest absolute Gasteiger partial charge is 0.0714 e. The van der Waals surface area contributed by atoms with E-state index in [2.05, 4.69) is 260 Å². The van der Waals surface area contributed by atoms with Crippen LogP contribution in [0, 0.1) is 5.41 Å². The van der Waals surface area contributed by atoms with E-state index in [1.54, 1.807) is 0 Å². The summed E-state index contributed by atoms with van der Waals surface area (Å²) in [5.41, 5.74) is 20.3. The number of anilines is 3. The fraction of sp³-hybridized carbons (Fsp3) is 0.111. The molecule has 9 aromatic carbocycles. The van der Waals surface area contributed by atoms with Crippen molar-refractivity contribution in [3.8, 4) is 22.3 Å². The number of fused-ring (bicyclic) bond motifs is 9. The van der Waals surface area contributed by atoms with Crippen LogP contribution >= 0.6 is 11.8 Å². The molecule has 13 rings (SSSR count). The molecule has 2 heteroatoms. The number of rotatable bonds is 7. The van der Waals surface area contributed by atoms with Gasteiger partial charge in [0.2, 0.25) is 0 Å². The molecule has 0 amide bonds. The Morgan fingerprint density at radius 2 is 0.969 bits per heavy atom. The first-order chi connectivity index (χ1) is 32.1. The van der Waals surface area contributed by atoms with Crippen molar-refractivity contribution < 1.29 is 0 Å². The molecule has 2 atom stereocenters. The molecule has 0 aromatic heterocycles. The fourth-order valence-electron chi connectivity index (χ4n) is 12.8. The van der Waals surface area contributed by atoms with Crippen LogP contribution in [0.4, 0.5) is 17.1 Å². The summed E-state index contributed by atoms with van der Waals surface area (Å²) in [6.45, 7) is 2.58. The van der Waals surface area contributed by atoms with Crippen LogP contribution in [-0.2, 0) is 10.8 Å². The number of benzene rings is 9. The van der Waals surface area contributed by atoms with Crippen LogP contribution in [0.2, 0.25) is 0 Å². The van der Waals surface area contributed by atoms with Gasteiger partial charge in [-0.1, -0.05) is 207 Å². The molecule has 0 spiro atoms. The number of hydrogen-bond donors (Lipinski definition) is 0. The first-order valence-corrected chi connectivity index (χ1v) is 23.9. The minimum Gasteiger partial charge on any atom is -0.310 e. The lowest BCUT2D eigenvalue weighted by molar-refractivity contribution is 0.197. The van der Waals surface area contributed by atoms with Gasteiger partial charge >= 0.3 is 0 Å². The molecule has 0 bridgehead atoms. The Labute approximate surface area is 386 Å². The van der Waals surface area contributed by atoms with Gasteiger partial charge in [-0.25, -0.2) is 0 Å². The predicted octanol–water partition coefficient (Wildman–Crippen LogP) is 16.2. The van der Waals surface area contributed by atoms with Crippen LogP contribution in [0.1, 0.15) is 64.3 Å². The van der Waals surface area contributed by atoms with Gasteiger partial charge in [-0.2, -0.15) is 0 Å². The maximum Gasteiger partial charge on any atom is 0.0714 e. The first kappa shape index (κ1) is 38.3. The molecular formula is C63H47NS. The summed E-state index contributed by atoms with van der Waals surface area (Å²) >= 11 is 2.07. The minimum absolute atomic E-state index is 0.0822. The number of hydrogen-bond acceptors (Lipinski definition) is 2. The van der Waals surface area contributed by atoms with Crippen molar-refractivity contribution in [3.05, 3.63) is 281 Å². The van der Waals surface area contributed by atoms with Crippen LogP contribution in [-0.4, -0.2) is 5.25 Å². The molecule has 2 unspecified atom stereocenters. The van der Waals surface area contributed by atoms with Crippen LogP contribution in [0.25, 0.3) is 27.8 Å². The molecule has 310 valence electrons. The molecule has 9 aromatic rings. The Hall–Kier alpha value is -7.13. The van der Waals surface area contributed by atoms with E-state index >= 15 is 0 Å². The molecule has 0 fully saturated rings. The molecule has 65 heavy (non-hydrogen) atoms. The summed E-state index contributed by atoms with van der Waals surface area (Å²) in [6, 6.07) is 86.4. The molecule has 4 aliphatic rings. The van der Waals surface area contributed by atoms with E-state index in [1.165, 1.54) is 88.6 Å². The maximum absolute atomic E-state index is 2.63. The second kappa shape index (κ2) is 14.7. The molecule has 1 aliphatic heterocycles. The largest absolute Gasteiger partial charge is 0.310 e. The summed E-state index contributed by atoms with van der Waals surface area (Å²) in [4.78, 5) is 3.89. The average Bonchev–Trinajstić information content (AvgIpc) is 4.00. The van der Waals surface area contributed by atoms with Gasteiger partial charge < -0.3 is 4.90 Å². The van der Waals surface area contributed by atoms with E-state index in [4.69, 9.17) is 0 Å². The molecule has 0 N–H and O–H groups in total. The van der Waals surface area contributed by atoms with Crippen molar-refractivity contribution in [2.75, 3.05) is 4.90 Å². The number of allylic oxidation sites excluding steroid dienone is 1. The van der Waals surface area contributed by atoms with Gasteiger partial charge in [-0.15, -0.1) is 11.8 Å². The summed E-state index contributed by atoms with van der Waals surface area (Å²) in [6.07, 6.45) is 4.67. The molecule has 0 saturated carbocycles. The standard InChI is InChI=1S/C63H47NS/c1-61(63(45-25-10-4-11-26-45)54-33-18-14-29-48(54)49-30-15-19-34-55(49)63)40-39-50-52-41-47(37-38-58(52)65-59(50)42-61)64(46-27-12-5-13-28-46)57-36-20-35-56-60(57)51-31-16-17-32-53(51)62(56,43-21-6-2-7-22-43)44-23-8-3-9-24-44/h2-39,41,59H,40,42H2,1H3. The van der Waals surface area contributed by atoms with Crippen molar-refractivity contribution in [2.24, 2.45) is 5.41 Å². The minimum atomic E-state index is -0.481. The highest BCUT2D eigenvalue weighted by atomic mass is 32.2. The van der Waals surface area contributed by atoms with E-state index in [0.717, 1.165) is 18.5 Å². The van der Waals surface area contributed by atoms with Crippen LogP contribution in [0.3, 0.4) is 0 Å². The van der Waals surface area contributed by atoms with E-state index in [9.17, 15) is 0 Å². The summed E-state index contributed by atoms with van der Waals surface area (Å²) in [7, 11) is 0. The summed E-state index contributed by atoms with van der Waals surface area (Å²) in [5, 5.41) is 0.342. The first-order valence-electron chi connectivity index (χ1n) is 23.1. The Balaban J connectivity index is 0.970. The second-order valence-electron chi connectivity index (χ2n) is 18.5. The monoisotopic (exact) mass is 849 g/mol. The van der Waals surface area contributed by atoms with E-state index in [1.807, 2.05) is 0 Å². The lowest BCUT2D eigenvalue weighted by Gasteiger charge is -2.51. The van der Waals surface area contributed by atoms with Gasteiger partial charge in [0.05, 0.1) is 16.5 Å². The van der Waals surface area contributed by atoms with Crippen LogP contribution < -0.4 is 4.90 Å². The fourth-order valence-corrected chi connectivity index (χ4v) is 14.4. The van der Waals surface area contributed by atoms with Gasteiger partial charge in [0, 0.05) is 27.1 Å². The zero-order valence-corrected chi connectivity index (χ0v) is 37.2. The molecule has 0 saturated heterocycles. The quantitative estimate of drug-likeness (QED) is 0.157. The molecule has 1 heterocycles. The van der Waals surface area contributed by atoms with Crippen molar-refractivity contribution in [1.82, 2.24) is 0 Å². The second-order valence-corrected chi connectivity index (χ2v) is 19.8. The average molecular weight is 850 g/mol. The highest BCUT2D eigenvalue weighted by Gasteiger charge is 2.58. The highest BCUT2D eigenvalue weighted by Crippen LogP contribution is 2.67. The number of nitrogens with zero attached hydrogens (tertiary/aromatic N) is 1. The summed E-state index contributed by atoms with van der Waals surface area (Å²) in [5.74, 6) is 0. The van der Waals surface area contributed by atoms with Gasteiger partial charge in [-0.05, 0) is 121 Å². The van der Waals surface area contributed by atoms with Crippen molar-refractivity contribution in [1.29, 1.82) is 0 Å². The van der Waals surface area contributed by atoms with E-state index < -0.39 is 5.41 Å². The Kier molecular flexibility index (Phi) is 8.67.